The Morgan fingerprint density at radius 1 is 1.15 bits per heavy atom. The molecular formula is C21H19BrFN3O5S2. The van der Waals surface area contributed by atoms with Gasteiger partial charge in [-0.1, -0.05) is 0 Å². The molecule has 3 heterocycles. The van der Waals surface area contributed by atoms with Gasteiger partial charge in [0, 0.05) is 43.8 Å². The summed E-state index contributed by atoms with van der Waals surface area (Å²) >= 11 is 4.43. The van der Waals surface area contributed by atoms with Gasteiger partial charge >= 0.3 is 5.97 Å². The lowest BCUT2D eigenvalue weighted by Gasteiger charge is -2.35. The van der Waals surface area contributed by atoms with Crippen molar-refractivity contribution in [2.45, 2.75) is 23.1 Å². The number of halogens is 2. The summed E-state index contributed by atoms with van der Waals surface area (Å²) in [6.45, 7) is 0.968. The molecule has 0 atom stereocenters. The maximum absolute atomic E-state index is 15.1. The largest absolute Gasteiger partial charge is 0.477 e. The molecule has 0 spiro atoms. The number of aromatic carboxylic acids is 1. The number of hydrogen-bond donors (Lipinski definition) is 1. The smallest absolute Gasteiger partial charge is 0.341 e. The molecule has 1 aromatic carbocycles. The lowest BCUT2D eigenvalue weighted by atomic mass is 10.1. The van der Waals surface area contributed by atoms with E-state index < -0.39 is 27.2 Å². The van der Waals surface area contributed by atoms with Crippen LogP contribution >= 0.6 is 27.3 Å². The van der Waals surface area contributed by atoms with Crippen molar-refractivity contribution in [2.75, 3.05) is 31.1 Å². The molecule has 2 aromatic heterocycles. The molecule has 1 saturated carbocycles. The standard InChI is InChI=1S/C21H19BrFN3O5S2/c22-18-3-4-19(32-18)33(30,31)25-7-5-24(6-8-25)17-10-16-13(9-15(17)23)20(27)14(21(28)29)11-26(16)12-1-2-12/h3-4,9-12H,1-2,5-8H2,(H,28,29). The Morgan fingerprint density at radius 3 is 2.42 bits per heavy atom. The first kappa shape index (κ1) is 22.5. The summed E-state index contributed by atoms with van der Waals surface area (Å²) in [7, 11) is -3.62. The molecule has 12 heteroatoms. The van der Waals surface area contributed by atoms with Crippen LogP contribution in [-0.4, -0.2) is 54.5 Å². The molecule has 1 aliphatic carbocycles. The number of thiophene rings is 1. The van der Waals surface area contributed by atoms with Crippen molar-refractivity contribution in [1.29, 1.82) is 0 Å². The summed E-state index contributed by atoms with van der Waals surface area (Å²) in [5, 5.41) is 9.42. The summed E-state index contributed by atoms with van der Waals surface area (Å²) < 4.78 is 45.0. The van der Waals surface area contributed by atoms with Gasteiger partial charge in [-0.25, -0.2) is 17.6 Å². The molecule has 1 saturated heterocycles. The van der Waals surface area contributed by atoms with Gasteiger partial charge in [0.1, 0.15) is 15.6 Å². The van der Waals surface area contributed by atoms with Crippen LogP contribution in [0.1, 0.15) is 29.2 Å². The zero-order valence-corrected chi connectivity index (χ0v) is 20.4. The van der Waals surface area contributed by atoms with E-state index in [1.165, 1.54) is 10.5 Å². The molecule has 1 N–H and O–H groups in total. The van der Waals surface area contributed by atoms with Crippen LogP contribution in [0.4, 0.5) is 10.1 Å². The molecule has 174 valence electrons. The molecule has 8 nitrogen and oxygen atoms in total. The fraction of sp³-hybridized carbons (Fsp3) is 0.333. The molecule has 33 heavy (non-hydrogen) atoms. The third-order valence-electron chi connectivity index (χ3n) is 5.99. The Morgan fingerprint density at radius 2 is 1.85 bits per heavy atom. The van der Waals surface area contributed by atoms with Crippen molar-refractivity contribution in [1.82, 2.24) is 8.87 Å². The van der Waals surface area contributed by atoms with E-state index in [9.17, 15) is 23.1 Å². The maximum atomic E-state index is 15.1. The van der Waals surface area contributed by atoms with E-state index in [-0.39, 0.29) is 53.1 Å². The van der Waals surface area contributed by atoms with Gasteiger partial charge < -0.3 is 14.6 Å². The molecule has 2 aliphatic rings. The number of carbonyl (C=O) groups is 1. The summed E-state index contributed by atoms with van der Waals surface area (Å²) in [5.74, 6) is -1.97. The third kappa shape index (κ3) is 3.98. The maximum Gasteiger partial charge on any atom is 0.341 e. The molecule has 2 fully saturated rings. The van der Waals surface area contributed by atoms with Gasteiger partial charge in [-0.15, -0.1) is 11.3 Å². The number of sulfonamides is 1. The second-order valence-electron chi connectivity index (χ2n) is 8.09. The highest BCUT2D eigenvalue weighted by atomic mass is 79.9. The average Bonchev–Trinajstić information content (AvgIpc) is 3.53. The molecule has 1 aliphatic heterocycles. The van der Waals surface area contributed by atoms with E-state index in [0.29, 0.717) is 5.52 Å². The van der Waals surface area contributed by atoms with Crippen LogP contribution < -0.4 is 10.3 Å². The van der Waals surface area contributed by atoms with Crippen molar-refractivity contribution in [2.24, 2.45) is 0 Å². The van der Waals surface area contributed by atoms with E-state index in [1.807, 2.05) is 0 Å². The van der Waals surface area contributed by atoms with Crippen LogP contribution in [0.15, 0.2) is 43.3 Å². The van der Waals surface area contributed by atoms with Crippen molar-refractivity contribution < 1.29 is 22.7 Å². The summed E-state index contributed by atoms with van der Waals surface area (Å²) in [6, 6.07) is 6.01. The van der Waals surface area contributed by atoms with Gasteiger partial charge in [0.2, 0.25) is 5.43 Å². The fourth-order valence-corrected chi connectivity index (χ4v) is 7.73. The second-order valence-corrected chi connectivity index (χ2v) is 12.7. The predicted molar refractivity (Wildman–Crippen MR) is 126 cm³/mol. The van der Waals surface area contributed by atoms with Crippen molar-refractivity contribution in [3.8, 4) is 0 Å². The van der Waals surface area contributed by atoms with Gasteiger partial charge in [-0.2, -0.15) is 4.31 Å². The predicted octanol–water partition coefficient (Wildman–Crippen LogP) is 3.51. The number of rotatable bonds is 5. The minimum Gasteiger partial charge on any atom is -0.477 e. The monoisotopic (exact) mass is 555 g/mol. The highest BCUT2D eigenvalue weighted by Gasteiger charge is 2.32. The molecule has 0 bridgehead atoms. The highest BCUT2D eigenvalue weighted by molar-refractivity contribution is 9.11. The Kier molecular flexibility index (Phi) is 5.58. The Bertz CT molecular complexity index is 1440. The molecule has 3 aromatic rings. The van der Waals surface area contributed by atoms with E-state index >= 15 is 4.39 Å². The Balaban J connectivity index is 1.47. The van der Waals surface area contributed by atoms with Crippen LogP contribution in [0.2, 0.25) is 0 Å². The van der Waals surface area contributed by atoms with E-state index in [1.54, 1.807) is 27.7 Å². The fourth-order valence-electron chi connectivity index (χ4n) is 4.14. The number of benzene rings is 1. The zero-order chi connectivity index (χ0) is 23.5. The molecule has 5 rings (SSSR count). The van der Waals surface area contributed by atoms with Crippen LogP contribution in [0, 0.1) is 5.82 Å². The molecular weight excluding hydrogens is 537 g/mol. The van der Waals surface area contributed by atoms with Gasteiger partial charge in [-0.3, -0.25) is 4.79 Å². The molecule has 0 unspecified atom stereocenters. The number of carboxylic acids is 1. The lowest BCUT2D eigenvalue weighted by molar-refractivity contribution is 0.0695. The minimum absolute atomic E-state index is 0.0348. The number of carboxylic acid groups (broad SMARTS) is 1. The topological polar surface area (TPSA) is 99.9 Å². The minimum atomic E-state index is -3.62. The lowest BCUT2D eigenvalue weighted by Crippen LogP contribution is -2.48. The van der Waals surface area contributed by atoms with E-state index in [4.69, 9.17) is 0 Å². The Hall–Kier alpha value is -2.28. The van der Waals surface area contributed by atoms with Crippen LogP contribution in [-0.2, 0) is 10.0 Å². The zero-order valence-electron chi connectivity index (χ0n) is 17.2. The molecule has 0 radical (unpaired) electrons. The summed E-state index contributed by atoms with van der Waals surface area (Å²) in [6.07, 6.45) is 3.06. The van der Waals surface area contributed by atoms with Crippen molar-refractivity contribution in [3.05, 3.63) is 55.9 Å². The van der Waals surface area contributed by atoms with Gasteiger partial charge in [0.15, 0.2) is 0 Å². The van der Waals surface area contributed by atoms with Crippen molar-refractivity contribution >= 4 is 59.8 Å². The number of hydrogen-bond acceptors (Lipinski definition) is 6. The van der Waals surface area contributed by atoms with Crippen LogP contribution in [0.25, 0.3) is 10.9 Å². The quantitative estimate of drug-likeness (QED) is 0.517. The number of aromatic nitrogens is 1. The molecule has 0 amide bonds. The van der Waals surface area contributed by atoms with E-state index in [0.717, 1.165) is 34.0 Å². The number of fused-ring (bicyclic) bond motifs is 1. The Labute approximate surface area is 201 Å². The number of piperazine rings is 1. The van der Waals surface area contributed by atoms with Crippen LogP contribution in [0.5, 0.6) is 0 Å². The first-order chi connectivity index (χ1) is 15.7. The number of anilines is 1. The number of nitrogens with zero attached hydrogens (tertiary/aromatic N) is 3. The first-order valence-electron chi connectivity index (χ1n) is 10.3. The normalized spacial score (nSPS) is 17.6. The van der Waals surface area contributed by atoms with Crippen LogP contribution in [0.3, 0.4) is 0 Å². The van der Waals surface area contributed by atoms with Gasteiger partial charge in [0.25, 0.3) is 10.0 Å². The van der Waals surface area contributed by atoms with Crippen molar-refractivity contribution in [3.63, 3.8) is 0 Å². The average molecular weight is 556 g/mol. The second kappa shape index (κ2) is 8.19. The number of pyridine rings is 1. The third-order valence-corrected chi connectivity index (χ3v) is 9.98. The highest BCUT2D eigenvalue weighted by Crippen LogP contribution is 2.38. The summed E-state index contributed by atoms with van der Waals surface area (Å²) in [5.41, 5.74) is -0.323. The summed E-state index contributed by atoms with van der Waals surface area (Å²) in [4.78, 5) is 25.9. The SMILES string of the molecule is O=C(O)c1cn(C2CC2)c2cc(N3CCN(S(=O)(=O)c4ccc(Br)s4)CC3)c(F)cc2c1=O. The van der Waals surface area contributed by atoms with Gasteiger partial charge in [-0.05, 0) is 53.0 Å². The van der Waals surface area contributed by atoms with Gasteiger partial charge in [0.05, 0.1) is 15.0 Å². The first-order valence-corrected chi connectivity index (χ1v) is 13.3. The van der Waals surface area contributed by atoms with E-state index in [2.05, 4.69) is 15.9 Å².